The van der Waals surface area contributed by atoms with Crippen LogP contribution >= 0.6 is 0 Å². The Hall–Kier alpha value is -6.53. The topological polar surface area (TPSA) is 65.8 Å². The second-order valence-electron chi connectivity index (χ2n) is 10.0. The molecule has 0 aliphatic rings. The zero-order valence-corrected chi connectivity index (χ0v) is 24.1. The van der Waals surface area contributed by atoms with Crippen molar-refractivity contribution in [1.82, 2.24) is 19.1 Å². The number of benzene rings is 6. The largest absolute Gasteiger partial charge is 0.456 e. The number of aryl methyl sites for hydroxylation is 2. The average Bonchev–Trinajstić information content (AvgIpc) is 4.16. The lowest BCUT2D eigenvalue weighted by Crippen LogP contribution is -2.19. The van der Waals surface area contributed by atoms with Crippen molar-refractivity contribution in [3.05, 3.63) is 156 Å². The van der Waals surface area contributed by atoms with Crippen LogP contribution in [0.1, 0.15) is 41.1 Å². The molecule has 3 aromatic heterocycles. The van der Waals surface area contributed by atoms with Gasteiger partial charge in [-0.3, -0.25) is 9.13 Å². The molecule has 9 aromatic rings. The monoisotopic (exact) mass is 664 g/mol. The lowest BCUT2D eigenvalue weighted by Gasteiger charge is -2.11. The summed E-state index contributed by atoms with van der Waals surface area (Å²) in [4.78, 5) is 21.9. The van der Waals surface area contributed by atoms with Gasteiger partial charge in [0, 0.05) is 49.6 Å². The minimum atomic E-state index is -3.55. The molecule has 0 bridgehead atoms. The molecule has 0 atom stereocenters. The Morgan fingerprint density at radius 3 is 1.76 bits per heavy atom. The van der Waals surface area contributed by atoms with Gasteiger partial charge < -0.3 is 4.42 Å². The molecule has 0 amide bonds. The van der Waals surface area contributed by atoms with E-state index >= 15 is 0 Å². The van der Waals surface area contributed by atoms with E-state index in [1.54, 1.807) is 0 Å². The number of nitrogens with zero attached hydrogens (tertiary/aromatic N) is 4. The second kappa shape index (κ2) is 11.3. The van der Waals surface area contributed by atoms with Gasteiger partial charge in [0.05, 0.1) is 55.3 Å². The first kappa shape index (κ1) is 11.3. The van der Waals surface area contributed by atoms with Crippen molar-refractivity contribution in [2.24, 2.45) is 14.0 Å². The van der Waals surface area contributed by atoms with E-state index in [1.807, 2.05) is 0 Å². The zero-order chi connectivity index (χ0) is 58.9. The van der Waals surface area contributed by atoms with Crippen molar-refractivity contribution in [1.29, 1.82) is 0 Å². The smallest absolute Gasteiger partial charge is 0.328 e. The number of imidazole rings is 1. The van der Waals surface area contributed by atoms with Crippen molar-refractivity contribution in [3.8, 4) is 56.2 Å². The van der Waals surface area contributed by atoms with E-state index in [0.717, 1.165) is 0 Å². The molecule has 234 valence electrons. The maximum absolute atomic E-state index is 13.5. The van der Waals surface area contributed by atoms with Crippen LogP contribution in [0.3, 0.4) is 0 Å². The number of rotatable bonds is 5. The van der Waals surface area contributed by atoms with Crippen LogP contribution in [0.4, 0.5) is 0 Å². The zero-order valence-electron chi connectivity index (χ0n) is 54.1. The van der Waals surface area contributed by atoms with Crippen LogP contribution in [-0.2, 0) is 14.0 Å². The molecule has 0 spiro atoms. The van der Waals surface area contributed by atoms with Crippen molar-refractivity contribution < 1.29 is 45.5 Å². The van der Waals surface area contributed by atoms with Crippen LogP contribution in [-0.4, -0.2) is 19.1 Å². The second-order valence-corrected chi connectivity index (χ2v) is 10.0. The Kier molecular flexibility index (Phi) is 2.61. The summed E-state index contributed by atoms with van der Waals surface area (Å²) >= 11 is 0. The predicted molar refractivity (Wildman–Crippen MR) is 198 cm³/mol. The maximum Gasteiger partial charge on any atom is 0.328 e. The summed E-state index contributed by atoms with van der Waals surface area (Å²) in [5.41, 5.74) is -13.3. The first-order valence-electron chi connectivity index (χ1n) is 28.8. The Bertz CT molecular complexity index is 4270. The molecule has 0 saturated carbocycles. The van der Waals surface area contributed by atoms with E-state index in [-0.39, 0.29) is 14.5 Å². The molecule has 6 aromatic carbocycles. The molecule has 0 aliphatic carbocycles. The van der Waals surface area contributed by atoms with Gasteiger partial charge in [0.1, 0.15) is 11.2 Å². The molecule has 0 radical (unpaired) electrons. The SMILES string of the molecule is [2H]c1c(-c2c([2H])c([2H])c(-c3c([2H])c([2H])c4c(oc5c([2H])c([2H])c([2H])c([2H])c54)c3[2H])c([2H])c2[2H])nc(-c2c([2H])c([2H])c([2H])c([2H])c2[2H])nc1-c1c([2H])c([2H])c(-c2c([2H])c([2H])c3c(c2[2H])n(C([2H])([2H])[2H])c(=O)n3C([2H])([2H])[2H])c([2H])c1[2H]. The highest BCUT2D eigenvalue weighted by molar-refractivity contribution is 6.05. The van der Waals surface area contributed by atoms with Crippen LogP contribution in [0.2, 0.25) is 0 Å². The molecule has 0 aliphatic heterocycles. The van der Waals surface area contributed by atoms with E-state index < -0.39 is 248 Å². The third-order valence-electron chi connectivity index (χ3n) is 7.11. The molecule has 0 unspecified atom stereocenters. The Morgan fingerprint density at radius 2 is 1.06 bits per heavy atom. The number of fused-ring (bicyclic) bond motifs is 4. The Labute approximate surface area is 324 Å². The lowest BCUT2D eigenvalue weighted by molar-refractivity contribution is 0.669. The van der Waals surface area contributed by atoms with Gasteiger partial charge in [-0.25, -0.2) is 14.8 Å². The molecule has 49 heavy (non-hydrogen) atoms. The van der Waals surface area contributed by atoms with E-state index in [2.05, 4.69) is 9.97 Å². The molecule has 6 heteroatoms. The normalized spacial score (nSPS) is 20.7. The molecule has 0 fully saturated rings. The molecule has 0 N–H and O–H groups in total. The third-order valence-corrected chi connectivity index (χ3v) is 7.11. The van der Waals surface area contributed by atoms with Crippen LogP contribution in [0.5, 0.6) is 0 Å². The van der Waals surface area contributed by atoms with Crippen molar-refractivity contribution in [2.75, 3.05) is 0 Å². The number of hydrogen-bond donors (Lipinski definition) is 0. The average molecular weight is 665 g/mol. The standard InChI is InChI=1S/C43H30N4O2/c1-46-38-23-21-32(24-39(38)47(2)43(46)48)27-12-16-29(17-13-27)36-26-37(45-42(44-36)31-8-4-3-5-9-31)30-18-14-28(15-19-30)33-20-22-35-34-10-6-7-11-40(34)49-41(35)25-33/h3-26H,1-2H3/i1D3,2D3,3D,4D,5D,6D,7D,8D,9D,10D,11D,12D,13D,14D,15D,16D,17D,18D,19D,20D,21D,22D,23D,24D,25D,26D. The first-order valence-corrected chi connectivity index (χ1v) is 13.8. The summed E-state index contributed by atoms with van der Waals surface area (Å²) in [6, 6.07) is -24.2. The Balaban J connectivity index is 1.36. The van der Waals surface area contributed by atoms with Crippen molar-refractivity contribution in [2.45, 2.75) is 0 Å². The summed E-state index contributed by atoms with van der Waals surface area (Å²) in [5, 5.41) is -0.768. The number of hydrogen-bond acceptors (Lipinski definition) is 4. The summed E-state index contributed by atoms with van der Waals surface area (Å²) in [7, 11) is 0. The minimum Gasteiger partial charge on any atom is -0.456 e. The summed E-state index contributed by atoms with van der Waals surface area (Å²) < 4.78 is 266. The molecular formula is C43H30N4O2. The highest BCUT2D eigenvalue weighted by atomic mass is 16.3. The molecule has 6 nitrogen and oxygen atoms in total. The quantitative estimate of drug-likeness (QED) is 0.184. The van der Waals surface area contributed by atoms with Gasteiger partial charge in [-0.2, -0.15) is 0 Å². The summed E-state index contributed by atoms with van der Waals surface area (Å²) in [6.07, 6.45) is 0. The first-order chi connectivity index (χ1) is 36.5. The van der Waals surface area contributed by atoms with Crippen molar-refractivity contribution >= 4 is 33.0 Å². The van der Waals surface area contributed by atoms with E-state index in [9.17, 15) is 17.1 Å². The molecule has 3 heterocycles. The van der Waals surface area contributed by atoms with Crippen LogP contribution < -0.4 is 5.69 Å². The summed E-state index contributed by atoms with van der Waals surface area (Å²) in [5.74, 6) is -0.960. The highest BCUT2D eigenvalue weighted by Gasteiger charge is 2.14. The Morgan fingerprint density at radius 1 is 0.510 bits per heavy atom. The van der Waals surface area contributed by atoms with Gasteiger partial charge in [0.2, 0.25) is 0 Å². The fourth-order valence-electron chi connectivity index (χ4n) is 4.78. The number of furan rings is 1. The number of para-hydroxylation sites is 1. The van der Waals surface area contributed by atoms with Crippen molar-refractivity contribution in [3.63, 3.8) is 0 Å². The van der Waals surface area contributed by atoms with Gasteiger partial charge >= 0.3 is 5.69 Å². The predicted octanol–water partition coefficient (Wildman–Crippen LogP) is 9.90. The maximum atomic E-state index is 13.5. The molecular weight excluding hydrogens is 604 g/mol. The number of aromatic nitrogens is 4. The fourth-order valence-corrected chi connectivity index (χ4v) is 4.78. The van der Waals surface area contributed by atoms with E-state index in [1.165, 1.54) is 0 Å². The van der Waals surface area contributed by atoms with Crippen LogP contribution in [0.15, 0.2) is 154 Å². The minimum absolute atomic E-state index is 0.0986. The highest BCUT2D eigenvalue weighted by Crippen LogP contribution is 2.34. The van der Waals surface area contributed by atoms with E-state index in [0.29, 0.717) is 0 Å². The summed E-state index contributed by atoms with van der Waals surface area (Å²) in [6.45, 7) is -7.03. The molecule has 9 rings (SSSR count). The van der Waals surface area contributed by atoms with Gasteiger partial charge in [0.25, 0.3) is 0 Å². The third kappa shape index (κ3) is 4.93. The van der Waals surface area contributed by atoms with Gasteiger partial charge in [-0.05, 0) is 58.5 Å². The van der Waals surface area contributed by atoms with Gasteiger partial charge in [0.15, 0.2) is 5.82 Å². The van der Waals surface area contributed by atoms with Crippen LogP contribution in [0, 0.1) is 0 Å². The van der Waals surface area contributed by atoms with E-state index in [4.69, 9.17) is 33.2 Å². The lowest BCUT2D eigenvalue weighted by atomic mass is 9.99. The van der Waals surface area contributed by atoms with Crippen LogP contribution in [0.25, 0.3) is 89.1 Å². The fraction of sp³-hybridized carbons (Fsp3) is 0.0465. The van der Waals surface area contributed by atoms with Gasteiger partial charge in [-0.15, -0.1) is 0 Å². The molecule has 0 saturated heterocycles. The van der Waals surface area contributed by atoms with Gasteiger partial charge in [-0.1, -0.05) is 109 Å².